The molecule has 8 rings (SSSR count). The van der Waals surface area contributed by atoms with E-state index in [-0.39, 0.29) is 16.6 Å². The summed E-state index contributed by atoms with van der Waals surface area (Å²) in [6.07, 6.45) is 1.83. The lowest BCUT2D eigenvalue weighted by Crippen LogP contribution is -2.17. The monoisotopic (exact) mass is 703 g/mol. The van der Waals surface area contributed by atoms with Crippen molar-refractivity contribution in [1.82, 2.24) is 14.5 Å². The van der Waals surface area contributed by atoms with E-state index in [1.165, 1.54) is 0 Å². The molecule has 4 nitrogen and oxygen atoms in total. The van der Waals surface area contributed by atoms with Crippen molar-refractivity contribution in [2.24, 2.45) is 0 Å². The zero-order chi connectivity index (χ0) is 37.6. The molecule has 0 aliphatic heterocycles. The lowest BCUT2D eigenvalue weighted by atomic mass is 9.79. The lowest BCUT2D eigenvalue weighted by Gasteiger charge is -2.28. The standard InChI is InChI=1S/C50H45N3O/c1-49(2,3)37-31-41(47(54)42(32-37)50(4,5)6)48-52-45-38(35-22-15-23-36(30-35)43-27-13-14-29-51-43)24-17-28-44(45)53(48)46-39(33-18-9-7-10-19-33)25-16-26-40(46)34-20-11-8-12-21-34/h7-32,54H,1-6H3. The Labute approximate surface area is 318 Å². The van der Waals surface area contributed by atoms with Gasteiger partial charge in [0.05, 0.1) is 28.0 Å². The second-order valence-corrected chi connectivity index (χ2v) is 16.1. The van der Waals surface area contributed by atoms with Crippen molar-refractivity contribution in [1.29, 1.82) is 0 Å². The summed E-state index contributed by atoms with van der Waals surface area (Å²) in [5, 5.41) is 12.4. The van der Waals surface area contributed by atoms with Gasteiger partial charge in [-0.15, -0.1) is 0 Å². The third kappa shape index (κ3) is 6.39. The largest absolute Gasteiger partial charge is 0.507 e. The van der Waals surface area contributed by atoms with E-state index in [0.29, 0.717) is 11.4 Å². The van der Waals surface area contributed by atoms with Crippen LogP contribution < -0.4 is 0 Å². The third-order valence-corrected chi connectivity index (χ3v) is 10.3. The summed E-state index contributed by atoms with van der Waals surface area (Å²) in [6, 6.07) is 52.9. The number of aromatic nitrogens is 3. The molecule has 0 bridgehead atoms. The Bertz CT molecular complexity index is 2550. The second-order valence-electron chi connectivity index (χ2n) is 16.1. The summed E-state index contributed by atoms with van der Waals surface area (Å²) in [4.78, 5) is 10.2. The Kier molecular flexibility index (Phi) is 8.78. The summed E-state index contributed by atoms with van der Waals surface area (Å²) in [6.45, 7) is 13.2. The first kappa shape index (κ1) is 34.8. The SMILES string of the molecule is CC(C)(C)c1cc(-c2nc3c(-c4cccc(-c5ccccn5)c4)cccc3n2-c2c(-c3ccccc3)cccc2-c2ccccc2)c(O)c(C(C)(C)C)c1. The molecule has 0 atom stereocenters. The highest BCUT2D eigenvalue weighted by Crippen LogP contribution is 2.47. The van der Waals surface area contributed by atoms with Gasteiger partial charge >= 0.3 is 0 Å². The van der Waals surface area contributed by atoms with Gasteiger partial charge in [-0.05, 0) is 63.4 Å². The first-order valence-electron chi connectivity index (χ1n) is 18.6. The van der Waals surface area contributed by atoms with E-state index in [9.17, 15) is 5.11 Å². The van der Waals surface area contributed by atoms with Crippen LogP contribution >= 0.6 is 0 Å². The molecule has 0 aliphatic carbocycles. The number of aromatic hydroxyl groups is 1. The van der Waals surface area contributed by atoms with E-state index < -0.39 is 0 Å². The molecule has 6 aromatic carbocycles. The van der Waals surface area contributed by atoms with Crippen LogP contribution in [-0.4, -0.2) is 19.6 Å². The van der Waals surface area contributed by atoms with Crippen LogP contribution in [0.2, 0.25) is 0 Å². The first-order valence-corrected chi connectivity index (χ1v) is 18.6. The normalized spacial score (nSPS) is 12.0. The number of phenolic OH excluding ortho intramolecular Hbond substituents is 1. The fourth-order valence-electron chi connectivity index (χ4n) is 7.41. The first-order chi connectivity index (χ1) is 26.0. The van der Waals surface area contributed by atoms with E-state index in [2.05, 4.69) is 185 Å². The quantitative estimate of drug-likeness (QED) is 0.188. The second kappa shape index (κ2) is 13.6. The third-order valence-electron chi connectivity index (χ3n) is 10.3. The van der Waals surface area contributed by atoms with Crippen LogP contribution in [0, 0.1) is 0 Å². The van der Waals surface area contributed by atoms with Crippen LogP contribution in [0.1, 0.15) is 52.7 Å². The van der Waals surface area contributed by atoms with Crippen molar-refractivity contribution < 1.29 is 5.11 Å². The molecule has 2 aromatic heterocycles. The highest BCUT2D eigenvalue weighted by molar-refractivity contribution is 5.99. The molecular formula is C50H45N3O. The fraction of sp³-hybridized carbons (Fsp3) is 0.160. The minimum absolute atomic E-state index is 0.173. The number of hydrogen-bond donors (Lipinski definition) is 1. The van der Waals surface area contributed by atoms with Crippen molar-refractivity contribution >= 4 is 11.0 Å². The molecule has 0 aliphatic rings. The van der Waals surface area contributed by atoms with E-state index in [1.807, 2.05) is 24.4 Å². The predicted octanol–water partition coefficient (Wildman–Crippen LogP) is 13.1. The summed E-state index contributed by atoms with van der Waals surface area (Å²) in [7, 11) is 0. The van der Waals surface area contributed by atoms with Gasteiger partial charge in [0.15, 0.2) is 0 Å². The number of pyridine rings is 1. The molecular weight excluding hydrogens is 659 g/mol. The predicted molar refractivity (Wildman–Crippen MR) is 225 cm³/mol. The molecule has 0 amide bonds. The summed E-state index contributed by atoms with van der Waals surface area (Å²) < 4.78 is 2.29. The molecule has 266 valence electrons. The van der Waals surface area contributed by atoms with Crippen molar-refractivity contribution in [2.75, 3.05) is 0 Å². The molecule has 54 heavy (non-hydrogen) atoms. The maximum atomic E-state index is 12.4. The molecule has 0 fully saturated rings. The van der Waals surface area contributed by atoms with Gasteiger partial charge in [0.2, 0.25) is 0 Å². The molecule has 4 heteroatoms. The number of benzene rings is 6. The van der Waals surface area contributed by atoms with Crippen LogP contribution in [0.4, 0.5) is 0 Å². The van der Waals surface area contributed by atoms with Gasteiger partial charge in [0, 0.05) is 34.0 Å². The number of rotatable bonds is 6. The Morgan fingerprint density at radius 2 is 1.07 bits per heavy atom. The van der Waals surface area contributed by atoms with Gasteiger partial charge in [-0.1, -0.05) is 163 Å². The highest BCUT2D eigenvalue weighted by Gasteiger charge is 2.30. The molecule has 8 aromatic rings. The molecule has 0 saturated heterocycles. The molecule has 0 unspecified atom stereocenters. The van der Waals surface area contributed by atoms with Gasteiger partial charge in [-0.25, -0.2) is 4.98 Å². The molecule has 0 radical (unpaired) electrons. The lowest BCUT2D eigenvalue weighted by molar-refractivity contribution is 0.446. The number of para-hydroxylation sites is 2. The average molecular weight is 704 g/mol. The molecule has 1 N–H and O–H groups in total. The minimum atomic E-state index is -0.314. The highest BCUT2D eigenvalue weighted by atomic mass is 16.3. The maximum absolute atomic E-state index is 12.4. The summed E-state index contributed by atoms with van der Waals surface area (Å²) in [5.74, 6) is 0.942. The van der Waals surface area contributed by atoms with Crippen molar-refractivity contribution in [3.05, 3.63) is 169 Å². The topological polar surface area (TPSA) is 50.9 Å². The molecule has 2 heterocycles. The smallest absolute Gasteiger partial charge is 0.149 e. The van der Waals surface area contributed by atoms with Crippen LogP contribution in [0.3, 0.4) is 0 Å². The minimum Gasteiger partial charge on any atom is -0.507 e. The fourth-order valence-corrected chi connectivity index (χ4v) is 7.41. The zero-order valence-electron chi connectivity index (χ0n) is 31.8. The van der Waals surface area contributed by atoms with Crippen molar-refractivity contribution in [3.63, 3.8) is 0 Å². The number of phenols is 1. The summed E-state index contributed by atoms with van der Waals surface area (Å²) >= 11 is 0. The van der Waals surface area contributed by atoms with Gasteiger partial charge < -0.3 is 5.11 Å². The number of imidazole rings is 1. The van der Waals surface area contributed by atoms with Gasteiger partial charge in [-0.3, -0.25) is 9.55 Å². The van der Waals surface area contributed by atoms with Crippen molar-refractivity contribution in [3.8, 4) is 67.5 Å². The molecule has 0 spiro atoms. The van der Waals surface area contributed by atoms with E-state index in [1.54, 1.807) is 0 Å². The van der Waals surface area contributed by atoms with Crippen molar-refractivity contribution in [2.45, 2.75) is 52.4 Å². The van der Waals surface area contributed by atoms with Gasteiger partial charge in [0.1, 0.15) is 11.6 Å². The Hall–Kier alpha value is -6.26. The number of nitrogens with zero attached hydrogens (tertiary/aromatic N) is 3. The summed E-state index contributed by atoms with van der Waals surface area (Å²) in [5.41, 5.74) is 13.4. The Morgan fingerprint density at radius 3 is 1.69 bits per heavy atom. The van der Waals surface area contributed by atoms with E-state index >= 15 is 0 Å². The van der Waals surface area contributed by atoms with E-state index in [0.717, 1.165) is 72.5 Å². The van der Waals surface area contributed by atoms with Gasteiger partial charge in [-0.2, -0.15) is 0 Å². The zero-order valence-corrected chi connectivity index (χ0v) is 31.8. The maximum Gasteiger partial charge on any atom is 0.149 e. The van der Waals surface area contributed by atoms with Crippen LogP contribution in [-0.2, 0) is 10.8 Å². The van der Waals surface area contributed by atoms with Gasteiger partial charge in [0.25, 0.3) is 0 Å². The number of hydrogen-bond acceptors (Lipinski definition) is 3. The Balaban J connectivity index is 1.52. The van der Waals surface area contributed by atoms with Crippen LogP contribution in [0.15, 0.2) is 158 Å². The van der Waals surface area contributed by atoms with E-state index in [4.69, 9.17) is 4.98 Å². The Morgan fingerprint density at radius 1 is 0.500 bits per heavy atom. The average Bonchev–Trinajstić information content (AvgIpc) is 3.57. The van der Waals surface area contributed by atoms with Crippen LogP contribution in [0.25, 0.3) is 72.7 Å². The molecule has 0 saturated carbocycles. The number of fused-ring (bicyclic) bond motifs is 1. The van der Waals surface area contributed by atoms with Crippen LogP contribution in [0.5, 0.6) is 5.75 Å².